The summed E-state index contributed by atoms with van der Waals surface area (Å²) < 4.78 is 11.4. The van der Waals surface area contributed by atoms with E-state index in [2.05, 4.69) is 20.5 Å². The molecule has 0 spiro atoms. The van der Waals surface area contributed by atoms with Gasteiger partial charge in [-0.25, -0.2) is 4.98 Å². The highest BCUT2D eigenvalue weighted by atomic mass is 32.2. The molecule has 0 fully saturated rings. The van der Waals surface area contributed by atoms with Gasteiger partial charge in [0.1, 0.15) is 5.75 Å². The monoisotopic (exact) mass is 466 g/mol. The van der Waals surface area contributed by atoms with Crippen molar-refractivity contribution in [2.75, 3.05) is 11.1 Å². The number of carbonyl (C=O) groups is 1. The summed E-state index contributed by atoms with van der Waals surface area (Å²) in [5.74, 6) is 1.09. The van der Waals surface area contributed by atoms with E-state index < -0.39 is 0 Å². The molecule has 32 heavy (non-hydrogen) atoms. The smallest absolute Gasteiger partial charge is 0.277 e. The highest BCUT2D eigenvalue weighted by Gasteiger charge is 2.14. The Bertz CT molecular complexity index is 1220. The van der Waals surface area contributed by atoms with E-state index in [0.717, 1.165) is 33.0 Å². The summed E-state index contributed by atoms with van der Waals surface area (Å²) in [7, 11) is 0. The molecule has 164 valence electrons. The first kappa shape index (κ1) is 22.0. The molecule has 0 saturated heterocycles. The van der Waals surface area contributed by atoms with Crippen LogP contribution in [0.5, 0.6) is 5.75 Å². The molecule has 0 radical (unpaired) electrons. The molecular formula is C23H22N4O3S2. The van der Waals surface area contributed by atoms with E-state index in [4.69, 9.17) is 9.15 Å². The molecule has 1 amide bonds. The first-order chi connectivity index (χ1) is 15.5. The lowest BCUT2D eigenvalue weighted by molar-refractivity contribution is -0.113. The maximum Gasteiger partial charge on any atom is 0.277 e. The number of rotatable bonds is 8. The van der Waals surface area contributed by atoms with Gasteiger partial charge in [-0.3, -0.25) is 4.79 Å². The van der Waals surface area contributed by atoms with Gasteiger partial charge in [-0.2, -0.15) is 0 Å². The molecule has 9 heteroatoms. The van der Waals surface area contributed by atoms with Crippen molar-refractivity contribution in [2.45, 2.75) is 32.6 Å². The standard InChI is InChI=1S/C23H22N4O3S2/c1-14-8-7-11-18(15(14)2)29-12-20-26-27-23(30-20)31-13-19(28)24-22-25-21(16(3)32-22)17-9-5-4-6-10-17/h4-11H,12-13H2,1-3H3,(H,24,25,28). The van der Waals surface area contributed by atoms with E-state index in [9.17, 15) is 4.79 Å². The van der Waals surface area contributed by atoms with Crippen LogP contribution in [0.3, 0.4) is 0 Å². The Morgan fingerprint density at radius 2 is 1.91 bits per heavy atom. The summed E-state index contributed by atoms with van der Waals surface area (Å²) in [6.07, 6.45) is 0. The van der Waals surface area contributed by atoms with Crippen molar-refractivity contribution in [3.05, 3.63) is 70.4 Å². The van der Waals surface area contributed by atoms with E-state index in [1.807, 2.05) is 69.3 Å². The van der Waals surface area contributed by atoms with Crippen LogP contribution in [0.25, 0.3) is 11.3 Å². The molecule has 2 aromatic carbocycles. The van der Waals surface area contributed by atoms with E-state index in [0.29, 0.717) is 16.2 Å². The van der Waals surface area contributed by atoms with Crippen LogP contribution in [0.2, 0.25) is 0 Å². The lowest BCUT2D eigenvalue weighted by Gasteiger charge is -2.08. The summed E-state index contributed by atoms with van der Waals surface area (Å²) in [6.45, 7) is 6.20. The largest absolute Gasteiger partial charge is 0.484 e. The molecule has 4 rings (SSSR count). The zero-order valence-electron chi connectivity index (χ0n) is 17.9. The zero-order chi connectivity index (χ0) is 22.5. The number of aromatic nitrogens is 3. The first-order valence-electron chi connectivity index (χ1n) is 9.96. The van der Waals surface area contributed by atoms with Crippen LogP contribution >= 0.6 is 23.1 Å². The average Bonchev–Trinajstić information content (AvgIpc) is 3.40. The number of hydrogen-bond donors (Lipinski definition) is 1. The van der Waals surface area contributed by atoms with E-state index in [-0.39, 0.29) is 18.3 Å². The second-order valence-corrected chi connectivity index (χ2v) is 9.20. The summed E-state index contributed by atoms with van der Waals surface area (Å²) in [6, 6.07) is 15.8. The van der Waals surface area contributed by atoms with Crippen molar-refractivity contribution < 1.29 is 13.9 Å². The molecule has 4 aromatic rings. The lowest BCUT2D eigenvalue weighted by Crippen LogP contribution is -2.13. The third-order valence-electron chi connectivity index (χ3n) is 4.77. The molecule has 7 nitrogen and oxygen atoms in total. The van der Waals surface area contributed by atoms with Gasteiger partial charge in [0.2, 0.25) is 5.91 Å². The minimum atomic E-state index is -0.185. The first-order valence-corrected chi connectivity index (χ1v) is 11.8. The molecule has 2 aromatic heterocycles. The molecule has 0 bridgehead atoms. The molecule has 0 saturated carbocycles. The number of anilines is 1. The number of carbonyl (C=O) groups excluding carboxylic acids is 1. The Morgan fingerprint density at radius 1 is 1.09 bits per heavy atom. The third-order valence-corrected chi connectivity index (χ3v) is 6.48. The van der Waals surface area contributed by atoms with Gasteiger partial charge in [0.25, 0.3) is 11.1 Å². The van der Waals surface area contributed by atoms with Crippen molar-refractivity contribution in [3.63, 3.8) is 0 Å². The van der Waals surface area contributed by atoms with Crippen LogP contribution in [0, 0.1) is 20.8 Å². The molecule has 1 N–H and O–H groups in total. The van der Waals surface area contributed by atoms with Crippen LogP contribution in [0.1, 0.15) is 21.9 Å². The quantitative estimate of drug-likeness (QED) is 0.346. The predicted molar refractivity (Wildman–Crippen MR) is 126 cm³/mol. The second-order valence-electron chi connectivity index (χ2n) is 7.08. The van der Waals surface area contributed by atoms with Crippen molar-refractivity contribution >= 4 is 34.1 Å². The van der Waals surface area contributed by atoms with E-state index in [1.54, 1.807) is 0 Å². The van der Waals surface area contributed by atoms with Gasteiger partial charge in [0, 0.05) is 10.4 Å². The number of hydrogen-bond acceptors (Lipinski definition) is 8. The molecule has 0 atom stereocenters. The fourth-order valence-electron chi connectivity index (χ4n) is 2.97. The topological polar surface area (TPSA) is 90.1 Å². The van der Waals surface area contributed by atoms with Crippen molar-refractivity contribution in [3.8, 4) is 17.0 Å². The Balaban J connectivity index is 1.29. The molecule has 0 aliphatic heterocycles. The maximum absolute atomic E-state index is 12.3. The summed E-state index contributed by atoms with van der Waals surface area (Å²) in [5, 5.41) is 11.7. The number of thiazole rings is 1. The van der Waals surface area contributed by atoms with Gasteiger partial charge in [0.15, 0.2) is 11.7 Å². The van der Waals surface area contributed by atoms with Crippen LogP contribution in [0.4, 0.5) is 5.13 Å². The highest BCUT2D eigenvalue weighted by molar-refractivity contribution is 7.99. The number of nitrogens with zero attached hydrogens (tertiary/aromatic N) is 3. The Kier molecular flexibility index (Phi) is 6.87. The molecule has 0 aliphatic carbocycles. The van der Waals surface area contributed by atoms with Gasteiger partial charge in [-0.1, -0.05) is 54.2 Å². The fraction of sp³-hybridized carbons (Fsp3) is 0.217. The number of aryl methyl sites for hydroxylation is 2. The Morgan fingerprint density at radius 3 is 2.72 bits per heavy atom. The SMILES string of the molecule is Cc1cccc(OCc2nnc(SCC(=O)Nc3nc(-c4ccccc4)c(C)s3)o2)c1C. The van der Waals surface area contributed by atoms with Crippen LogP contribution < -0.4 is 10.1 Å². The van der Waals surface area contributed by atoms with Crippen molar-refractivity contribution in [1.29, 1.82) is 0 Å². The van der Waals surface area contributed by atoms with Crippen LogP contribution in [-0.2, 0) is 11.4 Å². The Hall–Kier alpha value is -3.17. The van der Waals surface area contributed by atoms with Crippen LogP contribution in [-0.4, -0.2) is 26.8 Å². The normalized spacial score (nSPS) is 10.8. The molecule has 0 unspecified atom stereocenters. The van der Waals surface area contributed by atoms with Gasteiger partial charge >= 0.3 is 0 Å². The van der Waals surface area contributed by atoms with E-state index in [1.165, 1.54) is 23.1 Å². The van der Waals surface area contributed by atoms with Crippen molar-refractivity contribution in [1.82, 2.24) is 15.2 Å². The third kappa shape index (κ3) is 5.35. The summed E-state index contributed by atoms with van der Waals surface area (Å²) in [5.41, 5.74) is 4.13. The minimum Gasteiger partial charge on any atom is -0.484 e. The Labute approximate surface area is 194 Å². The predicted octanol–water partition coefficient (Wildman–Crippen LogP) is 5.43. The minimum absolute atomic E-state index is 0.138. The van der Waals surface area contributed by atoms with Crippen molar-refractivity contribution in [2.24, 2.45) is 0 Å². The summed E-state index contributed by atoms with van der Waals surface area (Å²) >= 11 is 2.62. The molecule has 0 aliphatic rings. The lowest BCUT2D eigenvalue weighted by atomic mass is 10.1. The zero-order valence-corrected chi connectivity index (χ0v) is 19.5. The fourth-order valence-corrected chi connectivity index (χ4v) is 4.40. The van der Waals surface area contributed by atoms with Crippen LogP contribution in [0.15, 0.2) is 58.2 Å². The molecular weight excluding hydrogens is 444 g/mol. The average molecular weight is 467 g/mol. The molecule has 2 heterocycles. The highest BCUT2D eigenvalue weighted by Crippen LogP contribution is 2.30. The second kappa shape index (κ2) is 9.97. The number of amides is 1. The number of ether oxygens (including phenoxy) is 1. The van der Waals surface area contributed by atoms with Gasteiger partial charge < -0.3 is 14.5 Å². The van der Waals surface area contributed by atoms with Gasteiger partial charge in [0.05, 0.1) is 11.4 Å². The maximum atomic E-state index is 12.3. The van der Waals surface area contributed by atoms with E-state index >= 15 is 0 Å². The van der Waals surface area contributed by atoms with Gasteiger partial charge in [-0.05, 0) is 38.0 Å². The number of benzene rings is 2. The number of nitrogens with one attached hydrogen (secondary N) is 1. The summed E-state index contributed by atoms with van der Waals surface area (Å²) in [4.78, 5) is 18.0. The number of thioether (sulfide) groups is 1. The van der Waals surface area contributed by atoms with Gasteiger partial charge in [-0.15, -0.1) is 21.5 Å².